The lowest BCUT2D eigenvalue weighted by Crippen LogP contribution is -2.02. The van der Waals surface area contributed by atoms with Crippen LogP contribution in [0, 0.1) is 13.8 Å². The van der Waals surface area contributed by atoms with Gasteiger partial charge in [-0.1, -0.05) is 12.1 Å². The van der Waals surface area contributed by atoms with Crippen LogP contribution in [0.2, 0.25) is 0 Å². The topological polar surface area (TPSA) is 66.0 Å². The summed E-state index contributed by atoms with van der Waals surface area (Å²) in [5.41, 5.74) is 9.46. The fraction of sp³-hybridized carbons (Fsp3) is 0.250. The Morgan fingerprint density at radius 2 is 1.95 bits per heavy atom. The number of rotatable bonds is 3. The lowest BCUT2D eigenvalue weighted by atomic mass is 10.1. The lowest BCUT2D eigenvalue weighted by Gasteiger charge is -2.13. The lowest BCUT2D eigenvalue weighted by molar-refractivity contribution is 0.473. The van der Waals surface area contributed by atoms with Crippen LogP contribution in [0.3, 0.4) is 0 Å². The number of hydrogen-bond donors (Lipinski definition) is 1. The molecule has 21 heavy (non-hydrogen) atoms. The van der Waals surface area contributed by atoms with E-state index in [9.17, 15) is 0 Å². The van der Waals surface area contributed by atoms with Crippen molar-refractivity contribution in [2.45, 2.75) is 20.4 Å². The highest BCUT2D eigenvalue weighted by atomic mass is 16.5. The highest BCUT2D eigenvalue weighted by Crippen LogP contribution is 2.35. The van der Waals surface area contributed by atoms with Gasteiger partial charge in [-0.15, -0.1) is 0 Å². The third-order valence-electron chi connectivity index (χ3n) is 3.67. The predicted molar refractivity (Wildman–Crippen MR) is 82.4 cm³/mol. The maximum atomic E-state index is 6.19. The fourth-order valence-corrected chi connectivity index (χ4v) is 2.43. The molecule has 1 aromatic carbocycles. The molecule has 0 fully saturated rings. The molecule has 0 radical (unpaired) electrons. The molecule has 5 nitrogen and oxygen atoms in total. The molecule has 0 spiro atoms. The van der Waals surface area contributed by atoms with E-state index in [1.165, 1.54) is 0 Å². The number of benzene rings is 1. The van der Waals surface area contributed by atoms with E-state index in [0.717, 1.165) is 39.4 Å². The van der Waals surface area contributed by atoms with Crippen molar-refractivity contribution in [2.24, 2.45) is 12.8 Å². The number of aryl methyl sites for hydroxylation is 2. The summed E-state index contributed by atoms with van der Waals surface area (Å²) in [6.07, 6.45) is 1.78. The standard InChI is InChI=1S/C16H18N4O/c1-10-15(11(2)20(3)19-10)21-16-12(8-17)9-18-14-7-5-4-6-13(14)16/h4-7,9H,8,17H2,1-3H3. The van der Waals surface area contributed by atoms with E-state index >= 15 is 0 Å². The first-order valence-corrected chi connectivity index (χ1v) is 6.86. The van der Waals surface area contributed by atoms with Gasteiger partial charge in [0.25, 0.3) is 0 Å². The van der Waals surface area contributed by atoms with Gasteiger partial charge in [-0.3, -0.25) is 9.67 Å². The predicted octanol–water partition coefficient (Wildman–Crippen LogP) is 2.84. The number of nitrogens with zero attached hydrogens (tertiary/aromatic N) is 3. The van der Waals surface area contributed by atoms with Crippen molar-refractivity contribution in [1.82, 2.24) is 14.8 Å². The monoisotopic (exact) mass is 282 g/mol. The summed E-state index contributed by atoms with van der Waals surface area (Å²) >= 11 is 0. The number of fused-ring (bicyclic) bond motifs is 1. The Kier molecular flexibility index (Phi) is 3.35. The molecule has 2 heterocycles. The molecule has 0 aliphatic rings. The summed E-state index contributed by atoms with van der Waals surface area (Å²) in [5, 5.41) is 5.35. The molecular weight excluding hydrogens is 264 g/mol. The zero-order valence-corrected chi connectivity index (χ0v) is 12.4. The minimum atomic E-state index is 0.380. The molecule has 0 unspecified atom stereocenters. The minimum Gasteiger partial charge on any atom is -0.452 e. The molecular formula is C16H18N4O. The van der Waals surface area contributed by atoms with Crippen molar-refractivity contribution in [2.75, 3.05) is 0 Å². The van der Waals surface area contributed by atoms with E-state index in [1.807, 2.05) is 49.8 Å². The average Bonchev–Trinajstić information content (AvgIpc) is 2.74. The molecule has 5 heteroatoms. The molecule has 0 amide bonds. The van der Waals surface area contributed by atoms with Gasteiger partial charge in [-0.05, 0) is 26.0 Å². The summed E-state index contributed by atoms with van der Waals surface area (Å²) in [7, 11) is 1.91. The van der Waals surface area contributed by atoms with Crippen molar-refractivity contribution in [3.05, 3.63) is 47.4 Å². The average molecular weight is 282 g/mol. The Labute approximate surface area is 123 Å². The van der Waals surface area contributed by atoms with E-state index < -0.39 is 0 Å². The maximum Gasteiger partial charge on any atom is 0.171 e. The van der Waals surface area contributed by atoms with Crippen LogP contribution < -0.4 is 10.5 Å². The van der Waals surface area contributed by atoms with Crippen molar-refractivity contribution in [3.8, 4) is 11.5 Å². The van der Waals surface area contributed by atoms with Gasteiger partial charge in [0, 0.05) is 30.7 Å². The van der Waals surface area contributed by atoms with Gasteiger partial charge in [0.2, 0.25) is 0 Å². The molecule has 0 atom stereocenters. The number of aromatic nitrogens is 3. The summed E-state index contributed by atoms with van der Waals surface area (Å²) < 4.78 is 8.01. The first kappa shape index (κ1) is 13.6. The summed E-state index contributed by atoms with van der Waals surface area (Å²) in [5.74, 6) is 1.55. The second-order valence-electron chi connectivity index (χ2n) is 5.06. The second-order valence-corrected chi connectivity index (χ2v) is 5.06. The van der Waals surface area contributed by atoms with Crippen LogP contribution in [0.4, 0.5) is 0 Å². The molecule has 108 valence electrons. The second kappa shape index (κ2) is 5.18. The van der Waals surface area contributed by atoms with Gasteiger partial charge >= 0.3 is 0 Å². The quantitative estimate of drug-likeness (QED) is 0.802. The van der Waals surface area contributed by atoms with Gasteiger partial charge < -0.3 is 10.5 Å². The molecule has 0 aliphatic heterocycles. The van der Waals surface area contributed by atoms with E-state index in [1.54, 1.807) is 6.20 Å². The molecule has 0 saturated carbocycles. The normalized spacial score (nSPS) is 11.0. The summed E-state index contributed by atoms with van der Waals surface area (Å²) in [6, 6.07) is 7.89. The Balaban J connectivity index is 2.19. The zero-order chi connectivity index (χ0) is 15.0. The van der Waals surface area contributed by atoms with Crippen LogP contribution >= 0.6 is 0 Å². The highest BCUT2D eigenvalue weighted by Gasteiger charge is 2.16. The van der Waals surface area contributed by atoms with Crippen LogP contribution in [0.5, 0.6) is 11.5 Å². The SMILES string of the molecule is Cc1nn(C)c(C)c1Oc1c(CN)cnc2ccccc12. The van der Waals surface area contributed by atoms with Crippen LogP contribution in [0.25, 0.3) is 10.9 Å². The molecule has 0 saturated heterocycles. The van der Waals surface area contributed by atoms with Crippen LogP contribution in [0.15, 0.2) is 30.5 Å². The third kappa shape index (κ3) is 2.25. The molecule has 0 bridgehead atoms. The Morgan fingerprint density at radius 3 is 2.62 bits per heavy atom. The molecule has 2 N–H and O–H groups in total. The van der Waals surface area contributed by atoms with Crippen molar-refractivity contribution in [3.63, 3.8) is 0 Å². The number of para-hydroxylation sites is 1. The summed E-state index contributed by atoms with van der Waals surface area (Å²) in [6.45, 7) is 4.31. The van der Waals surface area contributed by atoms with Gasteiger partial charge in [0.15, 0.2) is 5.75 Å². The van der Waals surface area contributed by atoms with Crippen molar-refractivity contribution >= 4 is 10.9 Å². The van der Waals surface area contributed by atoms with E-state index in [4.69, 9.17) is 10.5 Å². The van der Waals surface area contributed by atoms with Gasteiger partial charge in [0.1, 0.15) is 11.4 Å². The fourth-order valence-electron chi connectivity index (χ4n) is 2.43. The molecule has 3 rings (SSSR count). The van der Waals surface area contributed by atoms with Crippen molar-refractivity contribution in [1.29, 1.82) is 0 Å². The van der Waals surface area contributed by atoms with Crippen LogP contribution in [-0.2, 0) is 13.6 Å². The summed E-state index contributed by atoms with van der Waals surface area (Å²) in [4.78, 5) is 4.42. The number of pyridine rings is 1. The van der Waals surface area contributed by atoms with E-state index in [0.29, 0.717) is 6.54 Å². The minimum absolute atomic E-state index is 0.380. The molecule has 0 aliphatic carbocycles. The Hall–Kier alpha value is -2.40. The van der Waals surface area contributed by atoms with Crippen LogP contribution in [-0.4, -0.2) is 14.8 Å². The first-order valence-electron chi connectivity index (χ1n) is 6.86. The van der Waals surface area contributed by atoms with Gasteiger partial charge in [-0.25, -0.2) is 0 Å². The zero-order valence-electron chi connectivity index (χ0n) is 12.4. The number of hydrogen-bond acceptors (Lipinski definition) is 4. The number of nitrogens with two attached hydrogens (primary N) is 1. The molecule has 2 aromatic heterocycles. The first-order chi connectivity index (χ1) is 10.1. The smallest absolute Gasteiger partial charge is 0.171 e. The van der Waals surface area contributed by atoms with E-state index in [-0.39, 0.29) is 0 Å². The van der Waals surface area contributed by atoms with Gasteiger partial charge in [0.05, 0.1) is 11.2 Å². The third-order valence-corrected chi connectivity index (χ3v) is 3.67. The van der Waals surface area contributed by atoms with Crippen molar-refractivity contribution < 1.29 is 4.74 Å². The molecule has 3 aromatic rings. The largest absolute Gasteiger partial charge is 0.452 e. The highest BCUT2D eigenvalue weighted by molar-refractivity contribution is 5.86. The van der Waals surface area contributed by atoms with Crippen LogP contribution in [0.1, 0.15) is 17.0 Å². The Morgan fingerprint density at radius 1 is 1.19 bits per heavy atom. The Bertz CT molecular complexity index is 807. The van der Waals surface area contributed by atoms with Gasteiger partial charge in [-0.2, -0.15) is 5.10 Å². The maximum absolute atomic E-state index is 6.19. The van der Waals surface area contributed by atoms with E-state index in [2.05, 4.69) is 10.1 Å². The number of ether oxygens (including phenoxy) is 1.